The number of piperidine rings is 1. The summed E-state index contributed by atoms with van der Waals surface area (Å²) < 4.78 is 41.4. The minimum Gasteiger partial charge on any atom is -0.484 e. The Kier molecular flexibility index (Phi) is 5.12. The van der Waals surface area contributed by atoms with Crippen LogP contribution in [0.2, 0.25) is 0 Å². The zero-order valence-corrected chi connectivity index (χ0v) is 12.5. The van der Waals surface area contributed by atoms with Gasteiger partial charge in [0.1, 0.15) is 11.8 Å². The second kappa shape index (κ2) is 6.89. The summed E-state index contributed by atoms with van der Waals surface area (Å²) in [5.41, 5.74) is 0.752. The van der Waals surface area contributed by atoms with Crippen molar-refractivity contribution in [2.24, 2.45) is 0 Å². The van der Waals surface area contributed by atoms with Gasteiger partial charge in [0.25, 0.3) is 0 Å². The molecule has 1 heterocycles. The predicted octanol–water partition coefficient (Wildman–Crippen LogP) is 2.54. The number of carbonyl (C=O) groups excluding carboxylic acids is 2. The van der Waals surface area contributed by atoms with Crippen LogP contribution in [0.4, 0.5) is 18.9 Å². The molecule has 0 radical (unpaired) electrons. The third-order valence-corrected chi connectivity index (χ3v) is 3.48. The monoisotopic (exact) mass is 330 g/mol. The van der Waals surface area contributed by atoms with Crippen LogP contribution in [0.15, 0.2) is 18.2 Å². The summed E-state index contributed by atoms with van der Waals surface area (Å²) in [6, 6.07) is 3.83. The first-order valence-corrected chi connectivity index (χ1v) is 7.15. The molecule has 1 aliphatic rings. The van der Waals surface area contributed by atoms with Crippen molar-refractivity contribution in [2.75, 3.05) is 11.9 Å². The Morgan fingerprint density at radius 1 is 1.43 bits per heavy atom. The Balaban J connectivity index is 2.05. The Bertz CT molecular complexity index is 602. The Labute approximate surface area is 131 Å². The molecule has 1 aromatic rings. The lowest BCUT2D eigenvalue weighted by atomic mass is 10.0. The van der Waals surface area contributed by atoms with E-state index in [9.17, 15) is 22.8 Å². The van der Waals surface area contributed by atoms with Crippen LogP contribution in [-0.4, -0.2) is 30.6 Å². The molecule has 1 aliphatic heterocycles. The van der Waals surface area contributed by atoms with E-state index in [2.05, 4.69) is 10.6 Å². The van der Waals surface area contributed by atoms with Gasteiger partial charge in [-0.3, -0.25) is 9.59 Å². The second-order valence-electron chi connectivity index (χ2n) is 5.33. The zero-order chi connectivity index (χ0) is 17.0. The molecule has 126 valence electrons. The Hall–Kier alpha value is -2.25. The number of halogens is 3. The van der Waals surface area contributed by atoms with Gasteiger partial charge in [0.05, 0.1) is 0 Å². The zero-order valence-electron chi connectivity index (χ0n) is 12.5. The second-order valence-corrected chi connectivity index (χ2v) is 5.33. The summed E-state index contributed by atoms with van der Waals surface area (Å²) >= 11 is 0. The number of nitrogens with one attached hydrogen (secondary N) is 2. The minimum atomic E-state index is -4.43. The number of hydrogen-bond donors (Lipinski definition) is 2. The van der Waals surface area contributed by atoms with Gasteiger partial charge < -0.3 is 15.4 Å². The highest BCUT2D eigenvalue weighted by atomic mass is 19.4. The van der Waals surface area contributed by atoms with Gasteiger partial charge in [0, 0.05) is 17.7 Å². The fourth-order valence-corrected chi connectivity index (χ4v) is 2.29. The summed E-state index contributed by atoms with van der Waals surface area (Å²) in [7, 11) is 0. The summed E-state index contributed by atoms with van der Waals surface area (Å²) in [6.45, 7) is 0.157. The molecule has 0 spiro atoms. The van der Waals surface area contributed by atoms with Crippen LogP contribution in [0.3, 0.4) is 0 Å². The van der Waals surface area contributed by atoms with E-state index < -0.39 is 24.7 Å². The number of anilines is 1. The maximum Gasteiger partial charge on any atom is 0.422 e. The average molecular weight is 330 g/mol. The van der Waals surface area contributed by atoms with Gasteiger partial charge in [-0.2, -0.15) is 13.2 Å². The minimum absolute atomic E-state index is 0.0489. The molecule has 1 saturated heterocycles. The van der Waals surface area contributed by atoms with Gasteiger partial charge in [-0.25, -0.2) is 0 Å². The van der Waals surface area contributed by atoms with E-state index in [1.54, 1.807) is 13.0 Å². The number of ether oxygens (including phenoxy) is 1. The molecule has 0 aromatic heterocycles. The lowest BCUT2D eigenvalue weighted by Crippen LogP contribution is -2.46. The quantitative estimate of drug-likeness (QED) is 0.891. The van der Waals surface area contributed by atoms with Crippen LogP contribution in [0.25, 0.3) is 0 Å². The van der Waals surface area contributed by atoms with E-state index >= 15 is 0 Å². The SMILES string of the molecule is Cc1c(NC(=O)[C@H]2CCCC(=O)N2)cccc1OCC(F)(F)F. The van der Waals surface area contributed by atoms with E-state index in [0.29, 0.717) is 30.5 Å². The van der Waals surface area contributed by atoms with E-state index in [1.165, 1.54) is 12.1 Å². The molecule has 0 unspecified atom stereocenters. The molecular formula is C15H17F3N2O3. The standard InChI is InChI=1S/C15H17F3N2O3/c1-9-10(4-2-6-12(9)23-8-15(16,17)18)20-14(22)11-5-3-7-13(21)19-11/h2,4,6,11H,3,5,7-8H2,1H3,(H,19,21)(H,20,22)/t11-/m1/s1. The third kappa shape index (κ3) is 4.87. The molecule has 2 N–H and O–H groups in total. The molecular weight excluding hydrogens is 313 g/mol. The molecule has 0 bridgehead atoms. The number of hydrogen-bond acceptors (Lipinski definition) is 3. The van der Waals surface area contributed by atoms with E-state index in [0.717, 1.165) is 0 Å². The number of benzene rings is 1. The van der Waals surface area contributed by atoms with Crippen molar-refractivity contribution < 1.29 is 27.5 Å². The average Bonchev–Trinajstić information content (AvgIpc) is 2.47. The van der Waals surface area contributed by atoms with E-state index in [4.69, 9.17) is 4.74 Å². The Morgan fingerprint density at radius 3 is 2.83 bits per heavy atom. The molecule has 1 atom stereocenters. The van der Waals surface area contributed by atoms with Crippen LogP contribution in [0, 0.1) is 6.92 Å². The van der Waals surface area contributed by atoms with E-state index in [-0.39, 0.29) is 11.7 Å². The van der Waals surface area contributed by atoms with E-state index in [1.807, 2.05) is 0 Å². The normalized spacial score (nSPS) is 18.3. The number of alkyl halides is 3. The highest BCUT2D eigenvalue weighted by Gasteiger charge is 2.29. The van der Waals surface area contributed by atoms with Gasteiger partial charge in [-0.1, -0.05) is 6.07 Å². The molecule has 0 saturated carbocycles. The highest BCUT2D eigenvalue weighted by molar-refractivity contribution is 5.98. The first-order chi connectivity index (χ1) is 10.8. The molecule has 1 fully saturated rings. The molecule has 2 rings (SSSR count). The molecule has 1 aromatic carbocycles. The van der Waals surface area contributed by atoms with Crippen LogP contribution in [0.1, 0.15) is 24.8 Å². The summed E-state index contributed by atoms with van der Waals surface area (Å²) in [6.07, 6.45) is -2.89. The fraction of sp³-hybridized carbons (Fsp3) is 0.467. The smallest absolute Gasteiger partial charge is 0.422 e. The highest BCUT2D eigenvalue weighted by Crippen LogP contribution is 2.27. The van der Waals surface area contributed by atoms with Crippen molar-refractivity contribution in [3.8, 4) is 5.75 Å². The lowest BCUT2D eigenvalue weighted by molar-refractivity contribution is -0.153. The van der Waals surface area contributed by atoms with Crippen LogP contribution in [0.5, 0.6) is 5.75 Å². The first-order valence-electron chi connectivity index (χ1n) is 7.15. The topological polar surface area (TPSA) is 67.4 Å². The van der Waals surface area contributed by atoms with Crippen molar-refractivity contribution in [3.63, 3.8) is 0 Å². The van der Waals surface area contributed by atoms with Gasteiger partial charge in [0.15, 0.2) is 6.61 Å². The molecule has 2 amide bonds. The maximum atomic E-state index is 12.2. The molecule has 8 heteroatoms. The van der Waals surface area contributed by atoms with Gasteiger partial charge >= 0.3 is 6.18 Å². The number of amides is 2. The summed E-state index contributed by atoms with van der Waals surface area (Å²) in [5, 5.41) is 5.21. The largest absolute Gasteiger partial charge is 0.484 e. The van der Waals surface area contributed by atoms with Crippen LogP contribution >= 0.6 is 0 Å². The first kappa shape index (κ1) is 17.1. The van der Waals surface area contributed by atoms with Crippen LogP contribution < -0.4 is 15.4 Å². The lowest BCUT2D eigenvalue weighted by Gasteiger charge is -2.23. The molecule has 23 heavy (non-hydrogen) atoms. The Morgan fingerprint density at radius 2 is 2.17 bits per heavy atom. The summed E-state index contributed by atoms with van der Waals surface area (Å²) in [5.74, 6) is -0.530. The van der Waals surface area contributed by atoms with Crippen molar-refractivity contribution >= 4 is 17.5 Å². The number of carbonyl (C=O) groups is 2. The third-order valence-electron chi connectivity index (χ3n) is 3.48. The van der Waals surface area contributed by atoms with Gasteiger partial charge in [0.2, 0.25) is 11.8 Å². The predicted molar refractivity (Wildman–Crippen MR) is 77.1 cm³/mol. The van der Waals surface area contributed by atoms with Crippen molar-refractivity contribution in [1.82, 2.24) is 5.32 Å². The van der Waals surface area contributed by atoms with Crippen molar-refractivity contribution in [1.29, 1.82) is 0 Å². The van der Waals surface area contributed by atoms with Gasteiger partial charge in [-0.15, -0.1) is 0 Å². The van der Waals surface area contributed by atoms with Crippen LogP contribution in [-0.2, 0) is 9.59 Å². The fourth-order valence-electron chi connectivity index (χ4n) is 2.29. The molecule has 5 nitrogen and oxygen atoms in total. The van der Waals surface area contributed by atoms with Crippen molar-refractivity contribution in [2.45, 2.75) is 38.4 Å². The molecule has 0 aliphatic carbocycles. The number of rotatable bonds is 4. The van der Waals surface area contributed by atoms with Crippen molar-refractivity contribution in [3.05, 3.63) is 23.8 Å². The van der Waals surface area contributed by atoms with Gasteiger partial charge in [-0.05, 0) is 31.9 Å². The summed E-state index contributed by atoms with van der Waals surface area (Å²) in [4.78, 5) is 23.5. The maximum absolute atomic E-state index is 12.2.